The summed E-state index contributed by atoms with van der Waals surface area (Å²) >= 11 is 11.5. The topological polar surface area (TPSA) is 29.9 Å². The Hall–Kier alpha value is -1.10. The maximum Gasteiger partial charge on any atom is 0.160 e. The average Bonchev–Trinajstić information content (AvgIpc) is 2.81. The van der Waals surface area contributed by atoms with Gasteiger partial charge >= 0.3 is 0 Å². The fourth-order valence-corrected chi connectivity index (χ4v) is 2.06. The fraction of sp³-hybridized carbons (Fsp3) is 0.308. The molecule has 2 rings (SSSR count). The van der Waals surface area contributed by atoms with Crippen LogP contribution in [0, 0.1) is 5.82 Å². The number of aromatic nitrogens is 2. The molecule has 1 N–H and O–H groups in total. The van der Waals surface area contributed by atoms with E-state index in [1.807, 2.05) is 6.07 Å². The zero-order valence-electron chi connectivity index (χ0n) is 10.6. The Labute approximate surface area is 121 Å². The summed E-state index contributed by atoms with van der Waals surface area (Å²) in [7, 11) is 0. The highest BCUT2D eigenvalue weighted by Crippen LogP contribution is 2.26. The Morgan fingerprint density at radius 1 is 1.32 bits per heavy atom. The van der Waals surface area contributed by atoms with Gasteiger partial charge in [-0.05, 0) is 18.2 Å². The third kappa shape index (κ3) is 3.47. The Balaban J connectivity index is 2.23. The molecule has 0 aliphatic carbocycles. The number of hydrogen-bond acceptors (Lipinski definition) is 2. The summed E-state index contributed by atoms with van der Waals surface area (Å²) in [5.74, 6) is -0.610. The predicted octanol–water partition coefficient (Wildman–Crippen LogP) is 3.82. The second kappa shape index (κ2) is 5.90. The Morgan fingerprint density at radius 2 is 1.95 bits per heavy atom. The number of rotatable bonds is 4. The van der Waals surface area contributed by atoms with Gasteiger partial charge < -0.3 is 5.32 Å². The third-order valence-corrected chi connectivity index (χ3v) is 3.12. The molecular formula is C13H14Cl2FN3. The quantitative estimate of drug-likeness (QED) is 0.870. The van der Waals surface area contributed by atoms with Gasteiger partial charge in [-0.2, -0.15) is 5.10 Å². The van der Waals surface area contributed by atoms with Gasteiger partial charge in [-0.15, -0.1) is 0 Å². The van der Waals surface area contributed by atoms with Crippen molar-refractivity contribution in [3.63, 3.8) is 0 Å². The summed E-state index contributed by atoms with van der Waals surface area (Å²) in [5.41, 5.74) is 1.53. The van der Waals surface area contributed by atoms with E-state index in [9.17, 15) is 4.39 Å². The van der Waals surface area contributed by atoms with Crippen LogP contribution < -0.4 is 5.32 Å². The number of nitrogens with one attached hydrogen (secondary N) is 1. The second-order valence-corrected chi connectivity index (χ2v) is 5.33. The van der Waals surface area contributed by atoms with Gasteiger partial charge in [-0.1, -0.05) is 37.0 Å². The molecule has 0 saturated carbocycles. The van der Waals surface area contributed by atoms with Crippen molar-refractivity contribution in [3.8, 4) is 5.69 Å². The van der Waals surface area contributed by atoms with Crippen LogP contribution in [0.4, 0.5) is 4.39 Å². The van der Waals surface area contributed by atoms with Crippen LogP contribution in [0.1, 0.15) is 19.5 Å². The normalized spacial score (nSPS) is 11.3. The zero-order valence-corrected chi connectivity index (χ0v) is 12.1. The number of benzene rings is 1. The summed E-state index contributed by atoms with van der Waals surface area (Å²) < 4.78 is 15.0. The molecule has 0 aliphatic rings. The first-order valence-corrected chi connectivity index (χ1v) is 6.66. The molecule has 0 spiro atoms. The molecule has 3 nitrogen and oxygen atoms in total. The lowest BCUT2D eigenvalue weighted by atomic mass is 10.3. The van der Waals surface area contributed by atoms with Crippen LogP contribution >= 0.6 is 23.2 Å². The van der Waals surface area contributed by atoms with Gasteiger partial charge in [-0.25, -0.2) is 9.07 Å². The highest BCUT2D eigenvalue weighted by atomic mass is 35.5. The SMILES string of the molecule is CC(C)NCc1ccn(-c2cc(Cl)c(F)c(Cl)c2)n1. The van der Waals surface area contributed by atoms with Crippen molar-refractivity contribution in [1.82, 2.24) is 15.1 Å². The molecule has 0 amide bonds. The van der Waals surface area contributed by atoms with Crippen LogP contribution in [0.25, 0.3) is 5.69 Å². The van der Waals surface area contributed by atoms with E-state index in [1.165, 1.54) is 12.1 Å². The van der Waals surface area contributed by atoms with Crippen molar-refractivity contribution in [2.75, 3.05) is 0 Å². The standard InChI is InChI=1S/C13H14Cl2FN3/c1-8(2)17-7-9-3-4-19(18-9)10-5-11(14)13(16)12(15)6-10/h3-6,8,17H,7H2,1-2H3. The molecule has 1 heterocycles. The molecule has 0 bridgehead atoms. The van der Waals surface area contributed by atoms with E-state index in [1.54, 1.807) is 10.9 Å². The zero-order chi connectivity index (χ0) is 14.0. The molecule has 19 heavy (non-hydrogen) atoms. The lowest BCUT2D eigenvalue weighted by Crippen LogP contribution is -2.22. The van der Waals surface area contributed by atoms with Gasteiger partial charge in [0.25, 0.3) is 0 Å². The van der Waals surface area contributed by atoms with Gasteiger partial charge in [0, 0.05) is 18.8 Å². The number of halogens is 3. The van der Waals surface area contributed by atoms with Gasteiger partial charge in [0.1, 0.15) is 0 Å². The molecule has 0 radical (unpaired) electrons. The first-order chi connectivity index (χ1) is 8.97. The molecule has 2 aromatic rings. The maximum atomic E-state index is 13.3. The van der Waals surface area contributed by atoms with E-state index < -0.39 is 5.82 Å². The van der Waals surface area contributed by atoms with Crippen LogP contribution in [-0.2, 0) is 6.54 Å². The van der Waals surface area contributed by atoms with Gasteiger partial charge in [0.15, 0.2) is 5.82 Å². The van der Waals surface area contributed by atoms with Gasteiger partial charge in [0.05, 0.1) is 21.4 Å². The molecule has 0 aliphatic heterocycles. The predicted molar refractivity (Wildman–Crippen MR) is 75.5 cm³/mol. The van der Waals surface area contributed by atoms with Crippen LogP contribution in [0.3, 0.4) is 0 Å². The fourth-order valence-electron chi connectivity index (χ4n) is 1.58. The van der Waals surface area contributed by atoms with Gasteiger partial charge in [-0.3, -0.25) is 0 Å². The molecule has 1 aromatic heterocycles. The average molecular weight is 302 g/mol. The minimum atomic E-state index is -0.610. The third-order valence-electron chi connectivity index (χ3n) is 2.57. The Morgan fingerprint density at radius 3 is 2.53 bits per heavy atom. The van der Waals surface area contributed by atoms with Crippen molar-refractivity contribution < 1.29 is 4.39 Å². The lowest BCUT2D eigenvalue weighted by molar-refractivity contribution is 0.578. The van der Waals surface area contributed by atoms with Crippen molar-refractivity contribution in [2.45, 2.75) is 26.4 Å². The van der Waals surface area contributed by atoms with Crippen molar-refractivity contribution in [2.24, 2.45) is 0 Å². The van der Waals surface area contributed by atoms with E-state index >= 15 is 0 Å². The molecule has 0 saturated heterocycles. The number of hydrogen-bond donors (Lipinski definition) is 1. The Kier molecular flexibility index (Phi) is 4.45. The van der Waals surface area contributed by atoms with E-state index in [4.69, 9.17) is 23.2 Å². The molecule has 0 fully saturated rings. The van der Waals surface area contributed by atoms with Crippen LogP contribution in [0.15, 0.2) is 24.4 Å². The first-order valence-electron chi connectivity index (χ1n) is 5.90. The smallest absolute Gasteiger partial charge is 0.160 e. The Bertz CT molecular complexity index is 558. The van der Waals surface area contributed by atoms with E-state index in [-0.39, 0.29) is 10.0 Å². The molecular weight excluding hydrogens is 288 g/mol. The monoisotopic (exact) mass is 301 g/mol. The van der Waals surface area contributed by atoms with E-state index in [2.05, 4.69) is 24.3 Å². The lowest BCUT2D eigenvalue weighted by Gasteiger charge is -2.06. The van der Waals surface area contributed by atoms with E-state index in [0.717, 1.165) is 5.69 Å². The highest BCUT2D eigenvalue weighted by Gasteiger charge is 2.09. The summed E-state index contributed by atoms with van der Waals surface area (Å²) in [4.78, 5) is 0. The van der Waals surface area contributed by atoms with Crippen molar-refractivity contribution in [3.05, 3.63) is 46.0 Å². The molecule has 0 atom stereocenters. The first kappa shape index (κ1) is 14.3. The summed E-state index contributed by atoms with van der Waals surface area (Å²) in [6, 6.07) is 5.27. The summed E-state index contributed by atoms with van der Waals surface area (Å²) in [5, 5.41) is 7.62. The second-order valence-electron chi connectivity index (χ2n) is 4.51. The van der Waals surface area contributed by atoms with Crippen molar-refractivity contribution in [1.29, 1.82) is 0 Å². The molecule has 102 valence electrons. The van der Waals surface area contributed by atoms with E-state index in [0.29, 0.717) is 18.3 Å². The van der Waals surface area contributed by atoms with Crippen LogP contribution in [0.5, 0.6) is 0 Å². The largest absolute Gasteiger partial charge is 0.309 e. The summed E-state index contributed by atoms with van der Waals surface area (Å²) in [6.45, 7) is 4.81. The number of nitrogens with zero attached hydrogens (tertiary/aromatic N) is 2. The van der Waals surface area contributed by atoms with Gasteiger partial charge in [0.2, 0.25) is 0 Å². The minimum Gasteiger partial charge on any atom is -0.309 e. The van der Waals surface area contributed by atoms with Crippen LogP contribution in [0.2, 0.25) is 10.0 Å². The molecule has 0 unspecified atom stereocenters. The summed E-state index contributed by atoms with van der Waals surface area (Å²) in [6.07, 6.45) is 1.79. The highest BCUT2D eigenvalue weighted by molar-refractivity contribution is 6.35. The minimum absolute atomic E-state index is 0.0140. The molecule has 1 aromatic carbocycles. The van der Waals surface area contributed by atoms with Crippen LogP contribution in [-0.4, -0.2) is 15.8 Å². The maximum absolute atomic E-state index is 13.3. The molecule has 6 heteroatoms. The van der Waals surface area contributed by atoms with Crippen molar-refractivity contribution >= 4 is 23.2 Å².